The minimum Gasteiger partial charge on any atom is -0.426 e. The summed E-state index contributed by atoms with van der Waals surface area (Å²) in [5.74, 6) is 0.218. The molecule has 0 amide bonds. The minimum atomic E-state index is -4.98. The zero-order valence-corrected chi connectivity index (χ0v) is 20.9. The van der Waals surface area contributed by atoms with Gasteiger partial charge in [-0.1, -0.05) is 51.5 Å². The van der Waals surface area contributed by atoms with E-state index in [2.05, 4.69) is 11.7 Å². The molecule has 0 saturated heterocycles. The largest absolute Gasteiger partial charge is 0.573 e. The van der Waals surface area contributed by atoms with Crippen LogP contribution in [0.15, 0.2) is 30.3 Å². The fourth-order valence-corrected chi connectivity index (χ4v) is 6.17. The highest BCUT2D eigenvalue weighted by atomic mass is 19.4. The minimum absolute atomic E-state index is 0.0304. The van der Waals surface area contributed by atoms with Gasteiger partial charge in [-0.3, -0.25) is 4.79 Å². The van der Waals surface area contributed by atoms with Crippen LogP contribution in [0, 0.1) is 29.5 Å². The van der Waals surface area contributed by atoms with E-state index in [1.807, 2.05) is 0 Å². The van der Waals surface area contributed by atoms with E-state index in [-0.39, 0.29) is 23.0 Å². The van der Waals surface area contributed by atoms with Gasteiger partial charge in [0.2, 0.25) is 0 Å². The molecule has 0 bridgehead atoms. The number of hydrogen-bond acceptors (Lipinski definition) is 3. The van der Waals surface area contributed by atoms with Crippen molar-refractivity contribution >= 4 is 16.7 Å². The predicted octanol–water partition coefficient (Wildman–Crippen LogP) is 8.98. The normalized spacial score (nSPS) is 25.0. The van der Waals surface area contributed by atoms with Crippen LogP contribution in [0.4, 0.5) is 17.6 Å². The molecule has 2 aromatic carbocycles. The molecule has 0 unspecified atom stereocenters. The first-order chi connectivity index (χ1) is 17.2. The molecule has 0 atom stereocenters. The monoisotopic (exact) mass is 508 g/mol. The number of carbonyl (C=O) groups is 1. The molecule has 0 N–H and O–H groups in total. The van der Waals surface area contributed by atoms with Crippen LogP contribution in [-0.2, 0) is 4.79 Å². The fraction of sp³-hybridized carbons (Fsp3) is 0.621. The Bertz CT molecular complexity index is 1020. The average Bonchev–Trinajstić information content (AvgIpc) is 2.86. The number of fused-ring (bicyclic) bond motifs is 1. The van der Waals surface area contributed by atoms with Crippen LogP contribution >= 0.6 is 0 Å². The summed E-state index contributed by atoms with van der Waals surface area (Å²) in [6, 6.07) is 6.44. The van der Waals surface area contributed by atoms with Crippen LogP contribution in [0.25, 0.3) is 10.8 Å². The van der Waals surface area contributed by atoms with E-state index in [1.165, 1.54) is 75.6 Å². The molecular weight excluding hydrogens is 472 g/mol. The standard InChI is InChI=1S/C29H36F4O3/c1-2-3-4-5-19-6-8-20(9-7-19)21-10-12-22(13-11-21)28(34)35-24-15-16-25-23(18-24)14-17-26(27(25)30)36-29(31,32)33/h14-22H,2-13H2,1H3. The van der Waals surface area contributed by atoms with Crippen molar-refractivity contribution in [3.8, 4) is 11.5 Å². The molecule has 2 aromatic rings. The van der Waals surface area contributed by atoms with Crippen molar-refractivity contribution < 1.29 is 31.8 Å². The van der Waals surface area contributed by atoms with Gasteiger partial charge in [-0.25, -0.2) is 4.39 Å². The van der Waals surface area contributed by atoms with Gasteiger partial charge in [0, 0.05) is 5.39 Å². The third kappa shape index (κ3) is 6.92. The summed E-state index contributed by atoms with van der Waals surface area (Å²) in [6.45, 7) is 2.25. The summed E-state index contributed by atoms with van der Waals surface area (Å²) in [7, 11) is 0. The zero-order chi connectivity index (χ0) is 25.7. The number of halogens is 4. The molecule has 0 spiro atoms. The number of ether oxygens (including phenoxy) is 2. The maximum absolute atomic E-state index is 14.4. The van der Waals surface area contributed by atoms with E-state index in [1.54, 1.807) is 0 Å². The Balaban J connectivity index is 1.27. The highest BCUT2D eigenvalue weighted by Crippen LogP contribution is 2.42. The quantitative estimate of drug-likeness (QED) is 0.154. The fourth-order valence-electron chi connectivity index (χ4n) is 6.17. The maximum Gasteiger partial charge on any atom is 0.573 e. The van der Waals surface area contributed by atoms with Gasteiger partial charge in [-0.05, 0) is 85.9 Å². The van der Waals surface area contributed by atoms with E-state index >= 15 is 0 Å². The molecule has 2 aliphatic rings. The lowest BCUT2D eigenvalue weighted by atomic mass is 9.68. The third-order valence-corrected chi connectivity index (χ3v) is 8.21. The molecule has 36 heavy (non-hydrogen) atoms. The van der Waals surface area contributed by atoms with Crippen molar-refractivity contribution in [1.29, 1.82) is 0 Å². The first-order valence-electron chi connectivity index (χ1n) is 13.4. The third-order valence-electron chi connectivity index (χ3n) is 8.21. The number of rotatable bonds is 8. The predicted molar refractivity (Wildman–Crippen MR) is 131 cm³/mol. The summed E-state index contributed by atoms with van der Waals surface area (Å²) in [5, 5.41) is 0.304. The van der Waals surface area contributed by atoms with Crippen LogP contribution in [0.3, 0.4) is 0 Å². The second-order valence-corrected chi connectivity index (χ2v) is 10.6. The lowest BCUT2D eigenvalue weighted by Crippen LogP contribution is -2.30. The molecule has 4 rings (SSSR count). The molecule has 0 aliphatic heterocycles. The Kier molecular flexibility index (Phi) is 8.78. The Morgan fingerprint density at radius 2 is 1.58 bits per heavy atom. The van der Waals surface area contributed by atoms with Gasteiger partial charge in [0.25, 0.3) is 0 Å². The average molecular weight is 509 g/mol. The second kappa shape index (κ2) is 11.8. The van der Waals surface area contributed by atoms with Crippen molar-refractivity contribution in [3.05, 3.63) is 36.1 Å². The topological polar surface area (TPSA) is 35.5 Å². The van der Waals surface area contributed by atoms with Crippen LogP contribution in [0.1, 0.15) is 84.0 Å². The summed E-state index contributed by atoms with van der Waals surface area (Å²) >= 11 is 0. The number of esters is 1. The maximum atomic E-state index is 14.4. The molecule has 2 aliphatic carbocycles. The molecule has 0 heterocycles. The van der Waals surface area contributed by atoms with Gasteiger partial charge in [-0.2, -0.15) is 0 Å². The van der Waals surface area contributed by atoms with Crippen LogP contribution in [0.2, 0.25) is 0 Å². The Labute approximate surface area is 210 Å². The summed E-state index contributed by atoms with van der Waals surface area (Å²) < 4.78 is 61.1. The summed E-state index contributed by atoms with van der Waals surface area (Å²) in [4.78, 5) is 12.8. The van der Waals surface area contributed by atoms with Gasteiger partial charge in [0.05, 0.1) is 5.92 Å². The van der Waals surface area contributed by atoms with Gasteiger partial charge in [0.15, 0.2) is 11.6 Å². The van der Waals surface area contributed by atoms with Crippen molar-refractivity contribution in [2.75, 3.05) is 0 Å². The van der Waals surface area contributed by atoms with E-state index in [4.69, 9.17) is 4.74 Å². The molecule has 198 valence electrons. The van der Waals surface area contributed by atoms with Gasteiger partial charge < -0.3 is 9.47 Å². The van der Waals surface area contributed by atoms with Crippen molar-refractivity contribution in [2.24, 2.45) is 23.7 Å². The number of unbranched alkanes of at least 4 members (excludes halogenated alkanes) is 2. The molecule has 2 fully saturated rings. The van der Waals surface area contributed by atoms with E-state index in [0.717, 1.165) is 43.6 Å². The highest BCUT2D eigenvalue weighted by molar-refractivity contribution is 5.87. The summed E-state index contributed by atoms with van der Waals surface area (Å²) in [6.07, 6.45) is 9.46. The molecule has 3 nitrogen and oxygen atoms in total. The SMILES string of the molecule is CCCCCC1CCC(C2CCC(C(=O)Oc3ccc4c(F)c(OC(F)(F)F)ccc4c3)CC2)CC1. The lowest BCUT2D eigenvalue weighted by molar-refractivity contribution is -0.275. The van der Waals surface area contributed by atoms with Crippen LogP contribution < -0.4 is 9.47 Å². The number of benzene rings is 2. The van der Waals surface area contributed by atoms with Crippen LogP contribution in [-0.4, -0.2) is 12.3 Å². The molecular formula is C29H36F4O3. The first kappa shape index (κ1) is 26.7. The first-order valence-corrected chi connectivity index (χ1v) is 13.4. The molecule has 7 heteroatoms. The molecule has 0 radical (unpaired) electrons. The smallest absolute Gasteiger partial charge is 0.426 e. The Morgan fingerprint density at radius 3 is 2.22 bits per heavy atom. The second-order valence-electron chi connectivity index (χ2n) is 10.6. The molecule has 2 saturated carbocycles. The van der Waals surface area contributed by atoms with E-state index < -0.39 is 17.9 Å². The van der Waals surface area contributed by atoms with Crippen molar-refractivity contribution in [1.82, 2.24) is 0 Å². The van der Waals surface area contributed by atoms with Gasteiger partial charge in [-0.15, -0.1) is 13.2 Å². The van der Waals surface area contributed by atoms with Gasteiger partial charge >= 0.3 is 12.3 Å². The Morgan fingerprint density at radius 1 is 0.917 bits per heavy atom. The van der Waals surface area contributed by atoms with Gasteiger partial charge in [0.1, 0.15) is 5.75 Å². The Hall–Kier alpha value is -2.31. The van der Waals surface area contributed by atoms with Crippen molar-refractivity contribution in [2.45, 2.75) is 90.3 Å². The van der Waals surface area contributed by atoms with E-state index in [0.29, 0.717) is 11.3 Å². The zero-order valence-electron chi connectivity index (χ0n) is 20.9. The molecule has 0 aromatic heterocycles. The number of carbonyl (C=O) groups excluding carboxylic acids is 1. The summed E-state index contributed by atoms with van der Waals surface area (Å²) in [5.41, 5.74) is 0. The highest BCUT2D eigenvalue weighted by Gasteiger charge is 2.34. The van der Waals surface area contributed by atoms with Crippen LogP contribution in [0.5, 0.6) is 11.5 Å². The number of hydrogen-bond donors (Lipinski definition) is 0. The number of alkyl halides is 3. The van der Waals surface area contributed by atoms with E-state index in [9.17, 15) is 22.4 Å². The lowest BCUT2D eigenvalue weighted by Gasteiger charge is -2.37. The van der Waals surface area contributed by atoms with Crippen molar-refractivity contribution in [3.63, 3.8) is 0 Å².